The zero-order valence-corrected chi connectivity index (χ0v) is 16.7. The topological polar surface area (TPSA) is 44.5 Å². The number of nitrogens with one attached hydrogen (secondary N) is 2. The van der Waals surface area contributed by atoms with Crippen molar-refractivity contribution in [3.05, 3.63) is 84.6 Å². The Bertz CT molecular complexity index is 1260. The molecule has 0 amide bonds. The van der Waals surface area contributed by atoms with Gasteiger partial charge in [0, 0.05) is 33.3 Å². The molecule has 0 bridgehead atoms. The number of para-hydroxylation sites is 1. The van der Waals surface area contributed by atoms with Gasteiger partial charge in [-0.3, -0.25) is 0 Å². The summed E-state index contributed by atoms with van der Waals surface area (Å²) in [4.78, 5) is 12.1. The van der Waals surface area contributed by atoms with Gasteiger partial charge in [0.25, 0.3) is 0 Å². The Balaban J connectivity index is 1.76. The van der Waals surface area contributed by atoms with Crippen LogP contribution in [0.15, 0.2) is 78.9 Å². The van der Waals surface area contributed by atoms with Gasteiger partial charge in [-0.25, -0.2) is 4.98 Å². The first kappa shape index (κ1) is 17.0. The molecule has 5 rings (SSSR count). The van der Waals surface area contributed by atoms with Gasteiger partial charge < -0.3 is 9.97 Å². The molecule has 1 atom stereocenters. The van der Waals surface area contributed by atoms with Crippen LogP contribution in [0, 0.1) is 6.92 Å². The maximum absolute atomic E-state index is 5.05. The Kier molecular flexibility index (Phi) is 4.11. The molecule has 0 spiro atoms. The Morgan fingerprint density at radius 2 is 1.46 bits per heavy atom. The molecule has 0 radical (unpaired) electrons. The van der Waals surface area contributed by atoms with E-state index in [2.05, 4.69) is 98.9 Å². The molecule has 5 aromatic rings. The van der Waals surface area contributed by atoms with Gasteiger partial charge in [0.05, 0.1) is 11.4 Å². The lowest BCUT2D eigenvalue weighted by Gasteiger charge is -2.03. The van der Waals surface area contributed by atoms with Crippen molar-refractivity contribution < 1.29 is 0 Å². The lowest BCUT2D eigenvalue weighted by molar-refractivity contribution is 1.25. The van der Waals surface area contributed by atoms with Crippen LogP contribution in [0.3, 0.4) is 0 Å². The van der Waals surface area contributed by atoms with E-state index in [4.69, 9.17) is 4.98 Å². The molecule has 2 N–H and O–H groups in total. The predicted molar refractivity (Wildman–Crippen MR) is 121 cm³/mol. The summed E-state index contributed by atoms with van der Waals surface area (Å²) < 4.78 is 0. The SMILES string of the molecule is Cc1[nH]c2ccccc2c1-c1nc(-c2ccccc2)c(-c2ccc(P)cc2)[nH]1. The molecule has 136 valence electrons. The summed E-state index contributed by atoms with van der Waals surface area (Å²) in [6, 6.07) is 27.2. The highest BCUT2D eigenvalue weighted by atomic mass is 31.0. The number of hydrogen-bond acceptors (Lipinski definition) is 1. The summed E-state index contributed by atoms with van der Waals surface area (Å²) in [7, 11) is 2.74. The molecule has 2 heterocycles. The van der Waals surface area contributed by atoms with E-state index in [0.717, 1.165) is 50.4 Å². The molecule has 0 fully saturated rings. The lowest BCUT2D eigenvalue weighted by Crippen LogP contribution is -1.89. The third-order valence-corrected chi connectivity index (χ3v) is 5.47. The molecule has 0 aliphatic heterocycles. The molecule has 2 aromatic heterocycles. The first-order valence-electron chi connectivity index (χ1n) is 9.30. The number of aryl methyl sites for hydroxylation is 1. The first-order valence-corrected chi connectivity index (χ1v) is 9.87. The van der Waals surface area contributed by atoms with Crippen LogP contribution in [0.2, 0.25) is 0 Å². The van der Waals surface area contributed by atoms with Gasteiger partial charge in [-0.05, 0) is 18.3 Å². The highest BCUT2D eigenvalue weighted by Crippen LogP contribution is 2.36. The van der Waals surface area contributed by atoms with Gasteiger partial charge in [0.1, 0.15) is 5.82 Å². The van der Waals surface area contributed by atoms with Crippen molar-refractivity contribution in [1.82, 2.24) is 15.0 Å². The maximum atomic E-state index is 5.05. The van der Waals surface area contributed by atoms with E-state index in [1.54, 1.807) is 0 Å². The molecule has 0 saturated heterocycles. The molecule has 0 saturated carbocycles. The van der Waals surface area contributed by atoms with Crippen LogP contribution < -0.4 is 5.30 Å². The summed E-state index contributed by atoms with van der Waals surface area (Å²) in [5.41, 5.74) is 7.60. The third-order valence-electron chi connectivity index (χ3n) is 5.08. The van der Waals surface area contributed by atoms with Crippen LogP contribution in [-0.4, -0.2) is 15.0 Å². The van der Waals surface area contributed by atoms with Crippen LogP contribution >= 0.6 is 9.24 Å². The van der Waals surface area contributed by atoms with E-state index in [-0.39, 0.29) is 0 Å². The van der Waals surface area contributed by atoms with Crippen LogP contribution in [0.4, 0.5) is 0 Å². The molecule has 0 aliphatic rings. The van der Waals surface area contributed by atoms with Crippen molar-refractivity contribution in [2.24, 2.45) is 0 Å². The van der Waals surface area contributed by atoms with Crippen molar-refractivity contribution in [1.29, 1.82) is 0 Å². The average molecular weight is 381 g/mol. The summed E-state index contributed by atoms with van der Waals surface area (Å²) in [6.45, 7) is 2.10. The number of imidazole rings is 1. The molecule has 1 unspecified atom stereocenters. The number of H-pyrrole nitrogens is 2. The smallest absolute Gasteiger partial charge is 0.140 e. The standard InChI is InChI=1S/C24H20N3P/c1-15-21(19-9-5-6-10-20(19)25-15)24-26-22(16-7-3-2-4-8-16)23(27-24)17-11-13-18(28)14-12-17/h2-14,25H,28H2,1H3,(H,26,27). The quantitative estimate of drug-likeness (QED) is 0.387. The molecule has 28 heavy (non-hydrogen) atoms. The van der Waals surface area contributed by atoms with Crippen molar-refractivity contribution in [3.63, 3.8) is 0 Å². The van der Waals surface area contributed by atoms with Gasteiger partial charge in [-0.1, -0.05) is 72.8 Å². The minimum atomic E-state index is 0.888. The number of aromatic amines is 2. The first-order chi connectivity index (χ1) is 13.7. The van der Waals surface area contributed by atoms with Crippen LogP contribution in [0.25, 0.3) is 44.8 Å². The van der Waals surface area contributed by atoms with Gasteiger partial charge in [-0.15, -0.1) is 9.24 Å². The van der Waals surface area contributed by atoms with E-state index in [9.17, 15) is 0 Å². The highest BCUT2D eigenvalue weighted by molar-refractivity contribution is 7.27. The summed E-state index contributed by atoms with van der Waals surface area (Å²) >= 11 is 0. The second-order valence-corrected chi connectivity index (χ2v) is 7.63. The average Bonchev–Trinajstić information content (AvgIpc) is 3.29. The van der Waals surface area contributed by atoms with Gasteiger partial charge in [0.15, 0.2) is 0 Å². The fraction of sp³-hybridized carbons (Fsp3) is 0.0417. The van der Waals surface area contributed by atoms with Gasteiger partial charge >= 0.3 is 0 Å². The number of benzene rings is 3. The summed E-state index contributed by atoms with van der Waals surface area (Å²) in [5, 5.41) is 2.34. The molecule has 0 aliphatic carbocycles. The van der Waals surface area contributed by atoms with Gasteiger partial charge in [-0.2, -0.15) is 0 Å². The Labute approximate surface area is 166 Å². The number of nitrogens with zero attached hydrogens (tertiary/aromatic N) is 1. The largest absolute Gasteiger partial charge is 0.358 e. The second kappa shape index (κ2) is 6.78. The number of hydrogen-bond donors (Lipinski definition) is 2. The Hall–Kier alpha value is -3.16. The third kappa shape index (κ3) is 2.85. The van der Waals surface area contributed by atoms with Gasteiger partial charge in [0.2, 0.25) is 0 Å². The monoisotopic (exact) mass is 381 g/mol. The predicted octanol–water partition coefficient (Wildman–Crippen LogP) is 5.70. The number of fused-ring (bicyclic) bond motifs is 1. The minimum Gasteiger partial charge on any atom is -0.358 e. The van der Waals surface area contributed by atoms with Crippen molar-refractivity contribution >= 4 is 25.4 Å². The number of rotatable bonds is 3. The van der Waals surface area contributed by atoms with Crippen molar-refractivity contribution in [2.45, 2.75) is 6.92 Å². The fourth-order valence-corrected chi connectivity index (χ4v) is 3.93. The highest BCUT2D eigenvalue weighted by Gasteiger charge is 2.19. The Morgan fingerprint density at radius 3 is 2.25 bits per heavy atom. The summed E-state index contributed by atoms with van der Waals surface area (Å²) in [6.07, 6.45) is 0. The van der Waals surface area contributed by atoms with Crippen LogP contribution in [0.5, 0.6) is 0 Å². The molecule has 4 heteroatoms. The van der Waals surface area contributed by atoms with Crippen LogP contribution in [0.1, 0.15) is 5.69 Å². The molecule has 3 aromatic carbocycles. The van der Waals surface area contributed by atoms with Crippen LogP contribution in [-0.2, 0) is 0 Å². The Morgan fingerprint density at radius 1 is 0.750 bits per heavy atom. The molecular weight excluding hydrogens is 361 g/mol. The van der Waals surface area contributed by atoms with E-state index >= 15 is 0 Å². The van der Waals surface area contributed by atoms with E-state index in [0.29, 0.717) is 0 Å². The minimum absolute atomic E-state index is 0.888. The molecular formula is C24H20N3P. The fourth-order valence-electron chi connectivity index (χ4n) is 3.74. The van der Waals surface area contributed by atoms with E-state index in [1.165, 1.54) is 5.39 Å². The molecule has 3 nitrogen and oxygen atoms in total. The van der Waals surface area contributed by atoms with Crippen molar-refractivity contribution in [2.75, 3.05) is 0 Å². The van der Waals surface area contributed by atoms with E-state index < -0.39 is 0 Å². The van der Waals surface area contributed by atoms with Crippen molar-refractivity contribution in [3.8, 4) is 33.9 Å². The lowest BCUT2D eigenvalue weighted by atomic mass is 10.1. The second-order valence-electron chi connectivity index (χ2n) is 6.97. The number of aromatic nitrogens is 3. The normalized spacial score (nSPS) is 11.2. The van der Waals surface area contributed by atoms with E-state index in [1.807, 2.05) is 6.07 Å². The maximum Gasteiger partial charge on any atom is 0.140 e. The zero-order valence-electron chi connectivity index (χ0n) is 15.5. The summed E-state index contributed by atoms with van der Waals surface area (Å²) in [5.74, 6) is 0.888. The zero-order chi connectivity index (χ0) is 19.1.